The van der Waals surface area contributed by atoms with E-state index in [0.29, 0.717) is 6.01 Å². The van der Waals surface area contributed by atoms with E-state index in [1.54, 1.807) is 0 Å². The van der Waals surface area contributed by atoms with Crippen molar-refractivity contribution in [2.24, 2.45) is 0 Å². The van der Waals surface area contributed by atoms with Crippen LogP contribution in [0.1, 0.15) is 0 Å². The summed E-state index contributed by atoms with van der Waals surface area (Å²) < 4.78 is 11.0. The smallest absolute Gasteiger partial charge is 0.307 e. The molecule has 37 heavy (non-hydrogen) atoms. The van der Waals surface area contributed by atoms with Crippen molar-refractivity contribution in [3.63, 3.8) is 0 Å². The van der Waals surface area contributed by atoms with E-state index in [1.165, 1.54) is 27.1 Å². The Hall–Kier alpha value is -5.09. The van der Waals surface area contributed by atoms with Gasteiger partial charge in [0.05, 0.1) is 28.3 Å². The molecule has 5 aromatic carbocycles. The van der Waals surface area contributed by atoms with Gasteiger partial charge in [0.25, 0.3) is 0 Å². The zero-order valence-corrected chi connectivity index (χ0v) is 19.9. The lowest BCUT2D eigenvalue weighted by atomic mass is 10.1. The van der Waals surface area contributed by atoms with Crippen molar-refractivity contribution in [3.05, 3.63) is 128 Å². The zero-order chi connectivity index (χ0) is 24.3. The lowest BCUT2D eigenvalue weighted by Gasteiger charge is -2.10. The van der Waals surface area contributed by atoms with Crippen LogP contribution in [0.5, 0.6) is 0 Å². The molecule has 0 unspecified atom stereocenters. The van der Waals surface area contributed by atoms with Gasteiger partial charge in [-0.2, -0.15) is 0 Å². The van der Waals surface area contributed by atoms with Crippen molar-refractivity contribution in [1.29, 1.82) is 0 Å². The van der Waals surface area contributed by atoms with Crippen LogP contribution < -0.4 is 0 Å². The Kier molecular flexibility index (Phi) is 4.19. The fourth-order valence-electron chi connectivity index (χ4n) is 5.65. The molecule has 0 N–H and O–H groups in total. The summed E-state index contributed by atoms with van der Waals surface area (Å²) in [5, 5.41) is 4.76. The van der Waals surface area contributed by atoms with Crippen LogP contribution in [0, 0.1) is 0 Å². The summed E-state index contributed by atoms with van der Waals surface area (Å²) in [7, 11) is 0. The number of hydrogen-bond donors (Lipinski definition) is 0. The lowest BCUT2D eigenvalue weighted by Crippen LogP contribution is -1.98. The number of fused-ring (bicyclic) bond motifs is 7. The molecule has 0 saturated carbocycles. The highest BCUT2D eigenvalue weighted by molar-refractivity contribution is 6.23. The minimum Gasteiger partial charge on any atom is -0.423 e. The van der Waals surface area contributed by atoms with Gasteiger partial charge >= 0.3 is 6.01 Å². The van der Waals surface area contributed by atoms with Gasteiger partial charge in [0.2, 0.25) is 0 Å². The van der Waals surface area contributed by atoms with Crippen LogP contribution in [-0.4, -0.2) is 14.1 Å². The lowest BCUT2D eigenvalue weighted by molar-refractivity contribution is 0.548. The highest BCUT2D eigenvalue weighted by Gasteiger charge is 2.22. The van der Waals surface area contributed by atoms with E-state index in [4.69, 9.17) is 9.40 Å². The van der Waals surface area contributed by atoms with E-state index < -0.39 is 0 Å². The number of rotatable bonds is 3. The summed E-state index contributed by atoms with van der Waals surface area (Å²) in [6.45, 7) is 0. The maximum absolute atomic E-state index is 6.44. The van der Waals surface area contributed by atoms with Gasteiger partial charge in [-0.15, -0.1) is 0 Å². The third-order valence-corrected chi connectivity index (χ3v) is 7.23. The van der Waals surface area contributed by atoms with Gasteiger partial charge in [-0.25, -0.2) is 4.98 Å². The molecule has 3 heterocycles. The van der Waals surface area contributed by atoms with E-state index in [9.17, 15) is 0 Å². The number of hydrogen-bond acceptors (Lipinski definition) is 2. The van der Waals surface area contributed by atoms with Crippen LogP contribution >= 0.6 is 0 Å². The number of benzene rings is 5. The van der Waals surface area contributed by atoms with E-state index in [1.807, 2.05) is 36.5 Å². The molecule has 0 amide bonds. The van der Waals surface area contributed by atoms with Crippen molar-refractivity contribution in [2.75, 3.05) is 0 Å². The first kappa shape index (κ1) is 20.1. The van der Waals surface area contributed by atoms with Gasteiger partial charge in [-0.3, -0.25) is 4.57 Å². The predicted octanol–water partition coefficient (Wildman–Crippen LogP) is 8.54. The number of nitrogens with zero attached hydrogens (tertiary/aromatic N) is 3. The second kappa shape index (κ2) is 7.70. The Balaban J connectivity index is 1.56. The average Bonchev–Trinajstić information content (AvgIpc) is 3.66. The first-order valence-corrected chi connectivity index (χ1v) is 12.4. The first-order chi connectivity index (χ1) is 18.4. The van der Waals surface area contributed by atoms with Crippen molar-refractivity contribution in [2.45, 2.75) is 0 Å². The molecule has 0 fully saturated rings. The molecule has 0 bridgehead atoms. The molecule has 0 radical (unpaired) electrons. The Labute approximate surface area is 212 Å². The van der Waals surface area contributed by atoms with Crippen molar-refractivity contribution < 1.29 is 4.42 Å². The minimum atomic E-state index is 0.558. The summed E-state index contributed by atoms with van der Waals surface area (Å²) in [4.78, 5) is 4.79. The topological polar surface area (TPSA) is 35.9 Å². The molecule has 8 aromatic rings. The predicted molar refractivity (Wildman–Crippen MR) is 151 cm³/mol. The molecule has 8 rings (SSSR count). The van der Waals surface area contributed by atoms with Crippen LogP contribution in [0.3, 0.4) is 0 Å². The van der Waals surface area contributed by atoms with Gasteiger partial charge in [-0.05, 0) is 24.3 Å². The molecule has 0 saturated heterocycles. The van der Waals surface area contributed by atoms with Crippen molar-refractivity contribution in [1.82, 2.24) is 14.1 Å². The summed E-state index contributed by atoms with van der Waals surface area (Å²) in [6, 6.07) is 42.8. The maximum atomic E-state index is 6.44. The van der Waals surface area contributed by atoms with Crippen molar-refractivity contribution in [3.8, 4) is 23.0 Å². The van der Waals surface area contributed by atoms with E-state index >= 15 is 0 Å². The van der Waals surface area contributed by atoms with E-state index in [2.05, 4.69) is 100 Å². The summed E-state index contributed by atoms with van der Waals surface area (Å²) in [5.74, 6) is 0.748. The molecule has 4 heteroatoms. The fourth-order valence-corrected chi connectivity index (χ4v) is 5.65. The second-order valence-corrected chi connectivity index (χ2v) is 9.27. The average molecular weight is 476 g/mol. The van der Waals surface area contributed by atoms with Crippen LogP contribution in [0.25, 0.3) is 66.6 Å². The van der Waals surface area contributed by atoms with Gasteiger partial charge in [-0.1, -0.05) is 97.1 Å². The fraction of sp³-hybridized carbons (Fsp3) is 0. The monoisotopic (exact) mass is 475 g/mol. The third kappa shape index (κ3) is 2.87. The molecule has 0 aliphatic carbocycles. The normalized spacial score (nSPS) is 11.8. The minimum absolute atomic E-state index is 0.558. The standard InChI is InChI=1S/C33H21N3O/c1-3-11-22(12-4-1)30-21-34-33(37-30)36-29-18-10-8-16-25(29)27-20-19-26-24-15-7-9-17-28(24)35(31(26)32(27)36)23-13-5-2-6-14-23/h1-21H. The zero-order valence-electron chi connectivity index (χ0n) is 19.9. The Morgan fingerprint density at radius 2 is 1.03 bits per heavy atom. The molecule has 0 atom stereocenters. The Morgan fingerprint density at radius 3 is 1.70 bits per heavy atom. The largest absolute Gasteiger partial charge is 0.423 e. The van der Waals surface area contributed by atoms with Gasteiger partial charge in [0.1, 0.15) is 0 Å². The molecule has 4 nitrogen and oxygen atoms in total. The summed E-state index contributed by atoms with van der Waals surface area (Å²) >= 11 is 0. The molecule has 0 spiro atoms. The number of oxazole rings is 1. The van der Waals surface area contributed by atoms with Crippen LogP contribution in [0.15, 0.2) is 132 Å². The van der Waals surface area contributed by atoms with Crippen LogP contribution in [0.2, 0.25) is 0 Å². The molecular weight excluding hydrogens is 454 g/mol. The highest BCUT2D eigenvalue weighted by Crippen LogP contribution is 2.41. The Bertz CT molecular complexity index is 2080. The number of para-hydroxylation sites is 3. The molecule has 3 aromatic heterocycles. The van der Waals surface area contributed by atoms with E-state index in [0.717, 1.165) is 33.6 Å². The second-order valence-electron chi connectivity index (χ2n) is 9.27. The molecule has 0 aliphatic heterocycles. The number of aromatic nitrogens is 3. The molecular formula is C33H21N3O. The quantitative estimate of drug-likeness (QED) is 0.257. The Morgan fingerprint density at radius 1 is 0.486 bits per heavy atom. The summed E-state index contributed by atoms with van der Waals surface area (Å²) in [5.41, 5.74) is 6.59. The SMILES string of the molecule is c1ccc(-c2cnc(-n3c4ccccc4c4ccc5c6ccccc6n(-c6ccccc6)c5c43)o2)cc1. The van der Waals surface area contributed by atoms with E-state index in [-0.39, 0.29) is 0 Å². The maximum Gasteiger partial charge on any atom is 0.307 e. The molecule has 0 aliphatic rings. The van der Waals surface area contributed by atoms with Gasteiger partial charge < -0.3 is 8.98 Å². The van der Waals surface area contributed by atoms with Gasteiger partial charge in [0, 0.05) is 32.8 Å². The first-order valence-electron chi connectivity index (χ1n) is 12.4. The van der Waals surface area contributed by atoms with Crippen LogP contribution in [0.4, 0.5) is 0 Å². The molecule has 174 valence electrons. The highest BCUT2D eigenvalue weighted by atomic mass is 16.4. The van der Waals surface area contributed by atoms with Crippen molar-refractivity contribution >= 4 is 43.6 Å². The van der Waals surface area contributed by atoms with Crippen LogP contribution in [-0.2, 0) is 0 Å². The van der Waals surface area contributed by atoms with Gasteiger partial charge in [0.15, 0.2) is 5.76 Å². The third-order valence-electron chi connectivity index (χ3n) is 7.23. The summed E-state index contributed by atoms with van der Waals surface area (Å²) in [6.07, 6.45) is 1.82.